The van der Waals surface area contributed by atoms with Crippen LogP contribution in [0.5, 0.6) is 5.75 Å². The number of halogens is 1. The number of carbonyl (C=O) groups excluding carboxylic acids is 3. The predicted octanol–water partition coefficient (Wildman–Crippen LogP) is 1.99. The molecule has 0 aliphatic heterocycles. The first-order valence-corrected chi connectivity index (χ1v) is 7.76. The van der Waals surface area contributed by atoms with E-state index in [9.17, 15) is 14.4 Å². The molecule has 1 rings (SSSR count). The minimum Gasteiger partial charge on any atom is -0.479 e. The minimum atomic E-state index is -0.881. The van der Waals surface area contributed by atoms with E-state index in [0.29, 0.717) is 5.75 Å². The predicted molar refractivity (Wildman–Crippen MR) is 87.0 cm³/mol. The monoisotopic (exact) mass is 386 g/mol. The lowest BCUT2D eigenvalue weighted by molar-refractivity contribution is -0.154. The molecule has 0 aromatic heterocycles. The summed E-state index contributed by atoms with van der Waals surface area (Å²) in [4.78, 5) is 34.5. The first-order valence-electron chi connectivity index (χ1n) is 6.97. The van der Waals surface area contributed by atoms with Crippen LogP contribution in [0.4, 0.5) is 4.79 Å². The molecule has 7 nitrogen and oxygen atoms in total. The van der Waals surface area contributed by atoms with E-state index in [1.807, 2.05) is 5.32 Å². The summed E-state index contributed by atoms with van der Waals surface area (Å²) in [6.07, 6.45) is -0.881. The highest BCUT2D eigenvalue weighted by Crippen LogP contribution is 2.17. The summed E-state index contributed by atoms with van der Waals surface area (Å²) in [7, 11) is 0. The zero-order valence-electron chi connectivity index (χ0n) is 13.1. The fourth-order valence-electron chi connectivity index (χ4n) is 1.48. The van der Waals surface area contributed by atoms with Gasteiger partial charge in [0.15, 0.2) is 12.7 Å². The number of urea groups is 1. The van der Waals surface area contributed by atoms with Gasteiger partial charge in [0.1, 0.15) is 5.75 Å². The maximum atomic E-state index is 11.7. The fraction of sp³-hybridized carbons (Fsp3) is 0.400. The molecule has 1 atom stereocenters. The molecule has 0 aliphatic carbocycles. The number of nitrogens with one attached hydrogen (secondary N) is 2. The molecule has 23 heavy (non-hydrogen) atoms. The summed E-state index contributed by atoms with van der Waals surface area (Å²) in [6, 6.07) is 6.18. The Balaban J connectivity index is 2.36. The lowest BCUT2D eigenvalue weighted by Gasteiger charge is -2.14. The van der Waals surface area contributed by atoms with Crippen LogP contribution in [0.2, 0.25) is 0 Å². The maximum Gasteiger partial charge on any atom is 0.347 e. The number of amides is 3. The zero-order valence-corrected chi connectivity index (χ0v) is 14.7. The van der Waals surface area contributed by atoms with Crippen LogP contribution in [-0.2, 0) is 14.3 Å². The Hall–Kier alpha value is -2.09. The summed E-state index contributed by atoms with van der Waals surface area (Å²) >= 11 is 3.29. The number of imide groups is 1. The third kappa shape index (κ3) is 7.64. The smallest absolute Gasteiger partial charge is 0.347 e. The van der Waals surface area contributed by atoms with Crippen molar-refractivity contribution in [1.29, 1.82) is 0 Å². The number of esters is 1. The highest BCUT2D eigenvalue weighted by Gasteiger charge is 2.18. The SMILES string of the molecule is CC(C)NC(=O)NC(=O)COC(=O)[C@@H](C)Oc1ccc(Br)cc1. The topological polar surface area (TPSA) is 93.7 Å². The minimum absolute atomic E-state index is 0.107. The maximum absolute atomic E-state index is 11.7. The van der Waals surface area contributed by atoms with Gasteiger partial charge < -0.3 is 14.8 Å². The van der Waals surface area contributed by atoms with Crippen molar-refractivity contribution in [1.82, 2.24) is 10.6 Å². The van der Waals surface area contributed by atoms with Gasteiger partial charge in [-0.15, -0.1) is 0 Å². The average molecular weight is 387 g/mol. The molecule has 3 amide bonds. The van der Waals surface area contributed by atoms with E-state index < -0.39 is 30.6 Å². The van der Waals surface area contributed by atoms with Gasteiger partial charge in [-0.25, -0.2) is 9.59 Å². The summed E-state index contributed by atoms with van der Waals surface area (Å²) in [5, 5.41) is 4.53. The van der Waals surface area contributed by atoms with Crippen molar-refractivity contribution < 1.29 is 23.9 Å². The molecular formula is C15H19BrN2O5. The van der Waals surface area contributed by atoms with E-state index in [4.69, 9.17) is 9.47 Å². The quantitative estimate of drug-likeness (QED) is 0.729. The Morgan fingerprint density at radius 1 is 1.13 bits per heavy atom. The molecule has 0 saturated heterocycles. The Labute approximate surface area is 142 Å². The molecule has 0 unspecified atom stereocenters. The summed E-state index contributed by atoms with van der Waals surface area (Å²) in [5.74, 6) is -0.918. The van der Waals surface area contributed by atoms with Gasteiger partial charge in [0.2, 0.25) is 0 Å². The first kappa shape index (κ1) is 19.0. The largest absolute Gasteiger partial charge is 0.479 e. The lowest BCUT2D eigenvalue weighted by Crippen LogP contribution is -2.44. The van der Waals surface area contributed by atoms with Crippen molar-refractivity contribution in [2.24, 2.45) is 0 Å². The van der Waals surface area contributed by atoms with Crippen LogP contribution in [0.25, 0.3) is 0 Å². The Morgan fingerprint density at radius 3 is 2.30 bits per heavy atom. The molecule has 0 bridgehead atoms. The number of rotatable bonds is 6. The van der Waals surface area contributed by atoms with Gasteiger partial charge in [0, 0.05) is 10.5 Å². The van der Waals surface area contributed by atoms with Crippen LogP contribution in [-0.4, -0.2) is 36.7 Å². The zero-order chi connectivity index (χ0) is 17.4. The van der Waals surface area contributed by atoms with Crippen molar-refractivity contribution in [2.45, 2.75) is 32.9 Å². The molecule has 1 aromatic rings. The second-order valence-electron chi connectivity index (χ2n) is 5.00. The fourth-order valence-corrected chi connectivity index (χ4v) is 1.74. The van der Waals surface area contributed by atoms with Gasteiger partial charge in [-0.2, -0.15) is 0 Å². The second kappa shape index (κ2) is 9.14. The standard InChI is InChI=1S/C15H19BrN2O5/c1-9(2)17-15(21)18-13(19)8-22-14(20)10(3)23-12-6-4-11(16)5-7-12/h4-7,9-10H,8H2,1-3H3,(H2,17,18,19,21)/t10-/m1/s1. The van der Waals surface area contributed by atoms with Crippen molar-refractivity contribution in [2.75, 3.05) is 6.61 Å². The molecule has 8 heteroatoms. The van der Waals surface area contributed by atoms with Crippen LogP contribution in [0.1, 0.15) is 20.8 Å². The van der Waals surface area contributed by atoms with E-state index in [-0.39, 0.29) is 6.04 Å². The molecule has 0 fully saturated rings. The molecular weight excluding hydrogens is 368 g/mol. The van der Waals surface area contributed by atoms with Crippen LogP contribution in [0, 0.1) is 0 Å². The molecule has 0 saturated carbocycles. The normalized spacial score (nSPS) is 11.5. The summed E-state index contributed by atoms with van der Waals surface area (Å²) < 4.78 is 11.1. The van der Waals surface area contributed by atoms with Gasteiger partial charge >= 0.3 is 12.0 Å². The van der Waals surface area contributed by atoms with Gasteiger partial charge in [-0.1, -0.05) is 15.9 Å². The number of ether oxygens (including phenoxy) is 2. The first-order chi connectivity index (χ1) is 10.8. The van der Waals surface area contributed by atoms with Gasteiger partial charge in [-0.3, -0.25) is 10.1 Å². The van der Waals surface area contributed by atoms with E-state index in [1.165, 1.54) is 6.92 Å². The molecule has 0 radical (unpaired) electrons. The molecule has 0 heterocycles. The van der Waals surface area contributed by atoms with Gasteiger partial charge in [-0.05, 0) is 45.0 Å². The van der Waals surface area contributed by atoms with Crippen LogP contribution in [0.3, 0.4) is 0 Å². The van der Waals surface area contributed by atoms with Crippen molar-refractivity contribution in [3.63, 3.8) is 0 Å². The van der Waals surface area contributed by atoms with E-state index in [2.05, 4.69) is 21.2 Å². The molecule has 2 N–H and O–H groups in total. The second-order valence-corrected chi connectivity index (χ2v) is 5.91. The van der Waals surface area contributed by atoms with Crippen molar-refractivity contribution in [3.05, 3.63) is 28.7 Å². The van der Waals surface area contributed by atoms with Crippen LogP contribution >= 0.6 is 15.9 Å². The van der Waals surface area contributed by atoms with Crippen molar-refractivity contribution >= 4 is 33.8 Å². The number of hydrogen-bond acceptors (Lipinski definition) is 5. The Morgan fingerprint density at radius 2 is 1.74 bits per heavy atom. The molecule has 0 aliphatic rings. The third-order valence-corrected chi connectivity index (χ3v) is 3.01. The number of carbonyl (C=O) groups is 3. The number of benzene rings is 1. The van der Waals surface area contributed by atoms with Gasteiger partial charge in [0.25, 0.3) is 5.91 Å². The molecule has 0 spiro atoms. The van der Waals surface area contributed by atoms with Gasteiger partial charge in [0.05, 0.1) is 0 Å². The highest BCUT2D eigenvalue weighted by atomic mass is 79.9. The van der Waals surface area contributed by atoms with E-state index in [0.717, 1.165) is 4.47 Å². The Kier molecular flexibility index (Phi) is 7.53. The number of hydrogen-bond donors (Lipinski definition) is 2. The lowest BCUT2D eigenvalue weighted by atomic mass is 10.3. The van der Waals surface area contributed by atoms with E-state index >= 15 is 0 Å². The summed E-state index contributed by atoms with van der Waals surface area (Å²) in [5.41, 5.74) is 0. The average Bonchev–Trinajstić information content (AvgIpc) is 2.46. The van der Waals surface area contributed by atoms with Crippen LogP contribution in [0.15, 0.2) is 28.7 Å². The highest BCUT2D eigenvalue weighted by molar-refractivity contribution is 9.10. The third-order valence-electron chi connectivity index (χ3n) is 2.48. The summed E-state index contributed by atoms with van der Waals surface area (Å²) in [6.45, 7) is 4.46. The van der Waals surface area contributed by atoms with E-state index in [1.54, 1.807) is 38.1 Å². The van der Waals surface area contributed by atoms with Crippen LogP contribution < -0.4 is 15.4 Å². The van der Waals surface area contributed by atoms with Crippen molar-refractivity contribution in [3.8, 4) is 5.75 Å². The molecule has 1 aromatic carbocycles. The Bertz CT molecular complexity index is 559. The molecule has 126 valence electrons.